The molecule has 1 amide bonds. The number of benzene rings is 2. The third kappa shape index (κ3) is 4.80. The van der Waals surface area contributed by atoms with Crippen molar-refractivity contribution in [2.24, 2.45) is 18.7 Å². The first kappa shape index (κ1) is 23.0. The van der Waals surface area contributed by atoms with Crippen molar-refractivity contribution in [1.82, 2.24) is 14.9 Å². The van der Waals surface area contributed by atoms with Crippen LogP contribution in [0.25, 0.3) is 11.0 Å². The fourth-order valence-electron chi connectivity index (χ4n) is 2.88. The topological polar surface area (TPSA) is 72.9 Å². The van der Waals surface area contributed by atoms with Gasteiger partial charge in [-0.15, -0.1) is 24.8 Å². The number of aryl methyl sites for hydroxylation is 1. The van der Waals surface area contributed by atoms with Crippen LogP contribution < -0.4 is 11.1 Å². The van der Waals surface area contributed by atoms with Crippen molar-refractivity contribution in [2.75, 3.05) is 0 Å². The molecule has 0 saturated carbocycles. The lowest BCUT2D eigenvalue weighted by atomic mass is 10.0. The van der Waals surface area contributed by atoms with Gasteiger partial charge in [-0.1, -0.05) is 49.4 Å². The van der Waals surface area contributed by atoms with E-state index in [9.17, 15) is 4.79 Å². The molecule has 0 bridgehead atoms. The van der Waals surface area contributed by atoms with E-state index in [0.29, 0.717) is 0 Å². The van der Waals surface area contributed by atoms with Crippen molar-refractivity contribution in [3.8, 4) is 0 Å². The molecule has 3 unspecified atom stereocenters. The summed E-state index contributed by atoms with van der Waals surface area (Å²) in [6, 6.07) is 17.3. The number of hydrogen-bond donors (Lipinski definition) is 2. The second-order valence-corrected chi connectivity index (χ2v) is 6.52. The zero-order chi connectivity index (χ0) is 18.0. The summed E-state index contributed by atoms with van der Waals surface area (Å²) >= 11 is 0. The molecular weight excluding hydrogens is 383 g/mol. The number of hydrogen-bond acceptors (Lipinski definition) is 3. The molecule has 1 heterocycles. The van der Waals surface area contributed by atoms with E-state index in [1.54, 1.807) is 0 Å². The first-order chi connectivity index (χ1) is 12.0. The molecule has 3 atom stereocenters. The fourth-order valence-corrected chi connectivity index (χ4v) is 2.88. The molecule has 0 radical (unpaired) electrons. The molecule has 0 fully saturated rings. The SMILES string of the molecule is CC(N)C(C)C(=O)NC(c1ccccc1)c1nc2ccccc2n1C.Cl.Cl. The van der Waals surface area contributed by atoms with Gasteiger partial charge in [-0.3, -0.25) is 4.79 Å². The van der Waals surface area contributed by atoms with Crippen LogP contribution in [0.1, 0.15) is 31.3 Å². The summed E-state index contributed by atoms with van der Waals surface area (Å²) in [5.74, 6) is 0.453. The highest BCUT2D eigenvalue weighted by Crippen LogP contribution is 2.25. The average Bonchev–Trinajstić information content (AvgIpc) is 2.96. The Morgan fingerprint density at radius 3 is 2.22 bits per heavy atom. The first-order valence-electron chi connectivity index (χ1n) is 8.51. The number of para-hydroxylation sites is 2. The van der Waals surface area contributed by atoms with E-state index in [1.807, 2.05) is 80.1 Å². The lowest BCUT2D eigenvalue weighted by molar-refractivity contribution is -0.125. The van der Waals surface area contributed by atoms with Crippen LogP contribution in [-0.2, 0) is 11.8 Å². The number of halogens is 2. The smallest absolute Gasteiger partial charge is 0.225 e. The van der Waals surface area contributed by atoms with Gasteiger partial charge in [-0.2, -0.15) is 0 Å². The summed E-state index contributed by atoms with van der Waals surface area (Å²) in [6.45, 7) is 3.69. The molecule has 2 aromatic carbocycles. The standard InChI is InChI=1S/C20H24N4O.2ClH/c1-13(14(2)21)20(25)23-18(15-9-5-4-6-10-15)19-22-16-11-7-8-12-17(16)24(19)3;;/h4-14,18H,21H2,1-3H3,(H,23,25);2*1H. The Kier molecular flexibility index (Phi) is 8.28. The minimum atomic E-state index is -0.327. The number of imidazole rings is 1. The number of nitrogens with two attached hydrogens (primary N) is 1. The molecule has 3 N–H and O–H groups in total. The molecule has 27 heavy (non-hydrogen) atoms. The number of fused-ring (bicyclic) bond motifs is 1. The largest absolute Gasteiger partial charge is 0.342 e. The van der Waals surface area contributed by atoms with Gasteiger partial charge in [-0.05, 0) is 24.6 Å². The zero-order valence-corrected chi connectivity index (χ0v) is 17.3. The molecule has 3 rings (SSSR count). The molecule has 146 valence electrons. The number of amides is 1. The third-order valence-electron chi connectivity index (χ3n) is 4.70. The number of rotatable bonds is 5. The average molecular weight is 409 g/mol. The molecule has 3 aromatic rings. The van der Waals surface area contributed by atoms with Crippen molar-refractivity contribution >= 4 is 41.8 Å². The lowest BCUT2D eigenvalue weighted by Crippen LogP contribution is -2.41. The maximum Gasteiger partial charge on any atom is 0.225 e. The van der Waals surface area contributed by atoms with Gasteiger partial charge in [0.15, 0.2) is 0 Å². The predicted molar refractivity (Wildman–Crippen MR) is 114 cm³/mol. The van der Waals surface area contributed by atoms with Crippen molar-refractivity contribution in [3.63, 3.8) is 0 Å². The van der Waals surface area contributed by atoms with Crippen LogP contribution in [0.4, 0.5) is 0 Å². The van der Waals surface area contributed by atoms with Crippen LogP contribution in [0.2, 0.25) is 0 Å². The molecule has 0 saturated heterocycles. The van der Waals surface area contributed by atoms with E-state index in [1.165, 1.54) is 0 Å². The van der Waals surface area contributed by atoms with Gasteiger partial charge in [0, 0.05) is 19.0 Å². The summed E-state index contributed by atoms with van der Waals surface area (Å²) < 4.78 is 2.03. The molecular formula is C20H26Cl2N4O. The molecule has 0 spiro atoms. The Bertz CT molecular complexity index is 880. The fraction of sp³-hybridized carbons (Fsp3) is 0.300. The molecule has 0 aliphatic heterocycles. The van der Waals surface area contributed by atoms with E-state index in [-0.39, 0.29) is 48.7 Å². The van der Waals surface area contributed by atoms with Gasteiger partial charge in [0.1, 0.15) is 11.9 Å². The number of carbonyl (C=O) groups excluding carboxylic acids is 1. The van der Waals surface area contributed by atoms with E-state index >= 15 is 0 Å². The maximum atomic E-state index is 12.6. The molecule has 7 heteroatoms. The summed E-state index contributed by atoms with van der Waals surface area (Å²) in [5.41, 5.74) is 8.84. The minimum absolute atomic E-state index is 0. The summed E-state index contributed by atoms with van der Waals surface area (Å²) in [6.07, 6.45) is 0. The van der Waals surface area contributed by atoms with Gasteiger partial charge < -0.3 is 15.6 Å². The van der Waals surface area contributed by atoms with Crippen molar-refractivity contribution in [1.29, 1.82) is 0 Å². The summed E-state index contributed by atoms with van der Waals surface area (Å²) in [5, 5.41) is 3.13. The second-order valence-electron chi connectivity index (χ2n) is 6.52. The van der Waals surface area contributed by atoms with E-state index in [2.05, 4.69) is 5.32 Å². The van der Waals surface area contributed by atoms with Crippen molar-refractivity contribution in [3.05, 3.63) is 66.0 Å². The monoisotopic (exact) mass is 408 g/mol. The molecule has 5 nitrogen and oxygen atoms in total. The van der Waals surface area contributed by atoms with E-state index < -0.39 is 0 Å². The Morgan fingerprint density at radius 2 is 1.63 bits per heavy atom. The highest BCUT2D eigenvalue weighted by Gasteiger charge is 2.26. The van der Waals surface area contributed by atoms with Gasteiger partial charge in [0.05, 0.1) is 11.0 Å². The normalized spacial score (nSPS) is 13.8. The first-order valence-corrected chi connectivity index (χ1v) is 8.51. The third-order valence-corrected chi connectivity index (χ3v) is 4.70. The number of nitrogens with zero attached hydrogens (tertiary/aromatic N) is 2. The van der Waals surface area contributed by atoms with E-state index in [4.69, 9.17) is 10.7 Å². The summed E-state index contributed by atoms with van der Waals surface area (Å²) in [4.78, 5) is 17.4. The number of nitrogens with one attached hydrogen (secondary N) is 1. The van der Waals surface area contributed by atoms with Gasteiger partial charge in [0.2, 0.25) is 5.91 Å². The van der Waals surface area contributed by atoms with Crippen LogP contribution in [0.5, 0.6) is 0 Å². The van der Waals surface area contributed by atoms with Crippen LogP contribution in [0.15, 0.2) is 54.6 Å². The van der Waals surface area contributed by atoms with E-state index in [0.717, 1.165) is 22.4 Å². The van der Waals surface area contributed by atoms with Crippen molar-refractivity contribution in [2.45, 2.75) is 25.9 Å². The Balaban J connectivity index is 0.00000182. The van der Waals surface area contributed by atoms with Crippen LogP contribution in [0.3, 0.4) is 0 Å². The highest BCUT2D eigenvalue weighted by atomic mass is 35.5. The Labute approximate surface area is 172 Å². The number of carbonyl (C=O) groups is 1. The van der Waals surface area contributed by atoms with Crippen LogP contribution in [0, 0.1) is 5.92 Å². The van der Waals surface area contributed by atoms with Crippen LogP contribution in [-0.4, -0.2) is 21.5 Å². The Hall–Kier alpha value is -2.08. The summed E-state index contributed by atoms with van der Waals surface area (Å²) in [7, 11) is 1.97. The van der Waals surface area contributed by atoms with Gasteiger partial charge >= 0.3 is 0 Å². The molecule has 0 aliphatic rings. The zero-order valence-electron chi connectivity index (χ0n) is 15.6. The predicted octanol–water partition coefficient (Wildman–Crippen LogP) is 3.61. The van der Waals surface area contributed by atoms with Gasteiger partial charge in [0.25, 0.3) is 0 Å². The maximum absolute atomic E-state index is 12.6. The van der Waals surface area contributed by atoms with Crippen molar-refractivity contribution < 1.29 is 4.79 Å². The Morgan fingerprint density at radius 1 is 1.04 bits per heavy atom. The minimum Gasteiger partial charge on any atom is -0.342 e. The van der Waals surface area contributed by atoms with Crippen LogP contribution >= 0.6 is 24.8 Å². The quantitative estimate of drug-likeness (QED) is 0.676. The molecule has 1 aromatic heterocycles. The highest BCUT2D eigenvalue weighted by molar-refractivity contribution is 5.85. The van der Waals surface area contributed by atoms with Gasteiger partial charge in [-0.25, -0.2) is 4.98 Å². The lowest BCUT2D eigenvalue weighted by Gasteiger charge is -2.23. The number of aromatic nitrogens is 2. The molecule has 0 aliphatic carbocycles. The second kappa shape index (κ2) is 9.74.